The molecule has 104 valence electrons. The van der Waals surface area contributed by atoms with E-state index in [2.05, 4.69) is 50.4 Å². The van der Waals surface area contributed by atoms with Gasteiger partial charge in [0.2, 0.25) is 0 Å². The highest BCUT2D eigenvalue weighted by molar-refractivity contribution is 5.46. The maximum atomic E-state index is 3.62. The normalized spacial score (nSPS) is 31.2. The molecule has 0 radical (unpaired) electrons. The zero-order valence-electron chi connectivity index (χ0n) is 12.6. The molecule has 1 aromatic rings. The lowest BCUT2D eigenvalue weighted by Gasteiger charge is -2.38. The number of nitrogens with one attached hydrogen (secondary N) is 1. The van der Waals surface area contributed by atoms with Crippen LogP contribution in [-0.4, -0.2) is 13.1 Å². The van der Waals surface area contributed by atoms with E-state index >= 15 is 0 Å². The Bertz CT molecular complexity index is 463. The molecular weight excluding hydrogens is 230 g/mol. The molecule has 1 spiro atoms. The van der Waals surface area contributed by atoms with E-state index in [0.717, 1.165) is 5.92 Å². The number of fused-ring (bicyclic) bond motifs is 2. The van der Waals surface area contributed by atoms with Gasteiger partial charge in [-0.2, -0.15) is 0 Å². The minimum Gasteiger partial charge on any atom is -0.316 e. The van der Waals surface area contributed by atoms with E-state index in [0.29, 0.717) is 10.8 Å². The largest absolute Gasteiger partial charge is 0.316 e. The van der Waals surface area contributed by atoms with E-state index in [-0.39, 0.29) is 0 Å². The van der Waals surface area contributed by atoms with Gasteiger partial charge in [-0.15, -0.1) is 0 Å². The molecule has 2 atom stereocenters. The smallest absolute Gasteiger partial charge is 0.0000324 e. The summed E-state index contributed by atoms with van der Waals surface area (Å²) in [6.45, 7) is 9.44. The Hall–Kier alpha value is -0.820. The summed E-state index contributed by atoms with van der Waals surface area (Å²) in [5.74, 6) is 0.872. The van der Waals surface area contributed by atoms with Crippen LogP contribution in [0.25, 0.3) is 0 Å². The van der Waals surface area contributed by atoms with Crippen LogP contribution in [0.3, 0.4) is 0 Å². The van der Waals surface area contributed by atoms with Crippen LogP contribution < -0.4 is 5.32 Å². The average Bonchev–Trinajstić information content (AvgIpc) is 3.10. The molecule has 1 saturated carbocycles. The van der Waals surface area contributed by atoms with Crippen molar-refractivity contribution in [3.8, 4) is 0 Å². The zero-order chi connectivity index (χ0) is 13.5. The molecule has 1 nitrogen and oxygen atoms in total. The molecule has 1 aromatic carbocycles. The Morgan fingerprint density at radius 1 is 1.16 bits per heavy atom. The van der Waals surface area contributed by atoms with Gasteiger partial charge in [0.05, 0.1) is 0 Å². The molecule has 0 amide bonds. The highest BCUT2D eigenvalue weighted by atomic mass is 14.9. The third-order valence-electron chi connectivity index (χ3n) is 5.44. The molecule has 3 rings (SSSR count). The summed E-state index contributed by atoms with van der Waals surface area (Å²) in [5.41, 5.74) is 4.16. The van der Waals surface area contributed by atoms with E-state index in [1.807, 2.05) is 0 Å². The van der Waals surface area contributed by atoms with Crippen LogP contribution in [0.2, 0.25) is 0 Å². The van der Waals surface area contributed by atoms with Crippen LogP contribution in [0.4, 0.5) is 0 Å². The monoisotopic (exact) mass is 257 g/mol. The molecule has 0 aromatic heterocycles. The lowest BCUT2D eigenvalue weighted by Crippen LogP contribution is -2.32. The second-order valence-electron chi connectivity index (χ2n) is 7.19. The van der Waals surface area contributed by atoms with Crippen molar-refractivity contribution in [1.29, 1.82) is 0 Å². The summed E-state index contributed by atoms with van der Waals surface area (Å²) < 4.78 is 0. The second-order valence-corrected chi connectivity index (χ2v) is 7.19. The van der Waals surface area contributed by atoms with Crippen LogP contribution in [0.1, 0.15) is 57.6 Å². The fourth-order valence-electron chi connectivity index (χ4n) is 4.05. The maximum absolute atomic E-state index is 3.62. The molecule has 2 aliphatic carbocycles. The summed E-state index contributed by atoms with van der Waals surface area (Å²) in [7, 11) is 0. The molecule has 0 aliphatic heterocycles. The standard InChI is InChI=1S/C18H27N/c1-4-11-19-13-14-12-18(14)10-9-17(2,3)15-7-5-6-8-16(15)18/h5-8,14,19H,4,9-13H2,1-3H3. The molecule has 19 heavy (non-hydrogen) atoms. The molecule has 1 heteroatoms. The number of hydrogen-bond acceptors (Lipinski definition) is 1. The predicted octanol–water partition coefficient (Wildman–Crippen LogP) is 4.02. The Kier molecular flexibility index (Phi) is 3.21. The summed E-state index contributed by atoms with van der Waals surface area (Å²) in [6, 6.07) is 9.21. The van der Waals surface area contributed by atoms with E-state index in [4.69, 9.17) is 0 Å². The minimum atomic E-state index is 0.367. The summed E-state index contributed by atoms with van der Waals surface area (Å²) in [5, 5.41) is 3.62. The second kappa shape index (κ2) is 4.63. The van der Waals surface area contributed by atoms with Crippen molar-refractivity contribution in [3.05, 3.63) is 35.4 Å². The molecule has 0 heterocycles. The Labute approximate surface area is 117 Å². The molecule has 1 fully saturated rings. The van der Waals surface area contributed by atoms with Crippen molar-refractivity contribution in [3.63, 3.8) is 0 Å². The van der Waals surface area contributed by atoms with Crippen LogP contribution in [0.15, 0.2) is 24.3 Å². The number of rotatable bonds is 4. The average molecular weight is 257 g/mol. The lowest BCUT2D eigenvalue weighted by molar-refractivity contribution is 0.364. The van der Waals surface area contributed by atoms with Crippen molar-refractivity contribution in [1.82, 2.24) is 5.32 Å². The Morgan fingerprint density at radius 2 is 1.89 bits per heavy atom. The first-order valence-corrected chi connectivity index (χ1v) is 7.91. The van der Waals surface area contributed by atoms with Crippen molar-refractivity contribution in [2.24, 2.45) is 5.92 Å². The fraction of sp³-hybridized carbons (Fsp3) is 0.667. The SMILES string of the molecule is CCCNCC1CC12CCC(C)(C)c1ccccc12. The summed E-state index contributed by atoms with van der Waals surface area (Å²) in [4.78, 5) is 0. The quantitative estimate of drug-likeness (QED) is 0.803. The lowest BCUT2D eigenvalue weighted by atomic mass is 9.66. The van der Waals surface area contributed by atoms with Gasteiger partial charge < -0.3 is 5.32 Å². The van der Waals surface area contributed by atoms with E-state index < -0.39 is 0 Å². The van der Waals surface area contributed by atoms with Gasteiger partial charge >= 0.3 is 0 Å². The summed E-state index contributed by atoms with van der Waals surface area (Å²) in [6.07, 6.45) is 5.37. The number of benzene rings is 1. The maximum Gasteiger partial charge on any atom is 0.0000324 e. The van der Waals surface area contributed by atoms with Gasteiger partial charge in [0.15, 0.2) is 0 Å². The van der Waals surface area contributed by atoms with E-state index in [1.165, 1.54) is 38.8 Å². The predicted molar refractivity (Wildman–Crippen MR) is 81.6 cm³/mol. The third kappa shape index (κ3) is 2.12. The molecule has 2 aliphatic rings. The molecule has 1 N–H and O–H groups in total. The van der Waals surface area contributed by atoms with Crippen LogP contribution in [-0.2, 0) is 10.8 Å². The van der Waals surface area contributed by atoms with E-state index in [1.54, 1.807) is 11.1 Å². The van der Waals surface area contributed by atoms with Gasteiger partial charge in [0, 0.05) is 5.41 Å². The number of hydrogen-bond donors (Lipinski definition) is 1. The zero-order valence-corrected chi connectivity index (χ0v) is 12.6. The Balaban J connectivity index is 1.83. The van der Waals surface area contributed by atoms with Gasteiger partial charge in [0.25, 0.3) is 0 Å². The van der Waals surface area contributed by atoms with Crippen LogP contribution >= 0.6 is 0 Å². The van der Waals surface area contributed by atoms with Crippen molar-refractivity contribution >= 4 is 0 Å². The van der Waals surface area contributed by atoms with E-state index in [9.17, 15) is 0 Å². The van der Waals surface area contributed by atoms with Gasteiger partial charge in [-0.25, -0.2) is 0 Å². The van der Waals surface area contributed by atoms with Gasteiger partial charge in [-0.05, 0) is 61.2 Å². The van der Waals surface area contributed by atoms with Gasteiger partial charge in [-0.1, -0.05) is 45.0 Å². The van der Waals surface area contributed by atoms with Crippen molar-refractivity contribution in [2.45, 2.75) is 57.3 Å². The highest BCUT2D eigenvalue weighted by Gasteiger charge is 2.57. The summed E-state index contributed by atoms with van der Waals surface area (Å²) >= 11 is 0. The van der Waals surface area contributed by atoms with Gasteiger partial charge in [-0.3, -0.25) is 0 Å². The van der Waals surface area contributed by atoms with Crippen molar-refractivity contribution < 1.29 is 0 Å². The fourth-order valence-corrected chi connectivity index (χ4v) is 4.05. The topological polar surface area (TPSA) is 12.0 Å². The van der Waals surface area contributed by atoms with Crippen LogP contribution in [0.5, 0.6) is 0 Å². The minimum absolute atomic E-state index is 0.367. The van der Waals surface area contributed by atoms with Gasteiger partial charge in [0.1, 0.15) is 0 Å². The molecule has 0 saturated heterocycles. The first kappa shape index (κ1) is 13.2. The first-order valence-electron chi connectivity index (χ1n) is 7.91. The highest BCUT2D eigenvalue weighted by Crippen LogP contribution is 2.62. The Morgan fingerprint density at radius 3 is 2.63 bits per heavy atom. The first-order chi connectivity index (χ1) is 9.10. The van der Waals surface area contributed by atoms with Crippen molar-refractivity contribution in [2.75, 3.05) is 13.1 Å². The molecule has 0 bridgehead atoms. The third-order valence-corrected chi connectivity index (χ3v) is 5.44. The molecular formula is C18H27N. The van der Waals surface area contributed by atoms with Crippen LogP contribution in [0, 0.1) is 5.92 Å². The molecule has 2 unspecified atom stereocenters.